The molecule has 10 nitrogen and oxygen atoms in total. The largest absolute Gasteiger partial charge is 0.379 e. The number of hydrogen-bond donors (Lipinski definition) is 3. The number of hydrogen-bond acceptors (Lipinski definition) is 6. The first kappa shape index (κ1) is 23.9. The summed E-state index contributed by atoms with van der Waals surface area (Å²) in [6, 6.07) is 12.7. The number of ether oxygens (including phenoxy) is 1. The maximum atomic E-state index is 12.7. The van der Waals surface area contributed by atoms with Gasteiger partial charge in [0.2, 0.25) is 15.9 Å². The predicted molar refractivity (Wildman–Crippen MR) is 123 cm³/mol. The van der Waals surface area contributed by atoms with E-state index in [1.54, 1.807) is 55.5 Å². The highest BCUT2D eigenvalue weighted by molar-refractivity contribution is 7.89. The Morgan fingerprint density at radius 3 is 2.47 bits per heavy atom. The van der Waals surface area contributed by atoms with Crippen LogP contribution in [0.4, 0.5) is 10.5 Å². The van der Waals surface area contributed by atoms with Crippen LogP contribution in [0.25, 0.3) is 0 Å². The van der Waals surface area contributed by atoms with Crippen molar-refractivity contribution < 1.29 is 27.5 Å². The van der Waals surface area contributed by atoms with Crippen molar-refractivity contribution in [3.05, 3.63) is 59.7 Å². The van der Waals surface area contributed by atoms with Gasteiger partial charge in [0.05, 0.1) is 18.1 Å². The fraction of sp³-hybridized carbons (Fsp3) is 0.348. The standard InChI is InChI=1S/C23H26N4O6S/c1-23(21(29)25-22(30)26-23)17-3-2-4-18(15-17)24-20(28)10-7-16-5-8-19(9-6-16)34(31,32)27-11-13-33-14-12-27/h2-6,8-9,15H,7,10-14H2,1H3,(H,24,28)(H2,25,26,29,30). The van der Waals surface area contributed by atoms with Crippen LogP contribution in [0.5, 0.6) is 0 Å². The monoisotopic (exact) mass is 486 g/mol. The molecule has 2 fully saturated rings. The molecule has 0 aliphatic carbocycles. The Balaban J connectivity index is 1.35. The third-order valence-electron chi connectivity index (χ3n) is 5.94. The first-order valence-electron chi connectivity index (χ1n) is 10.9. The molecule has 11 heteroatoms. The third-order valence-corrected chi connectivity index (χ3v) is 7.85. The highest BCUT2D eigenvalue weighted by atomic mass is 32.2. The summed E-state index contributed by atoms with van der Waals surface area (Å²) < 4.78 is 32.0. The zero-order valence-corrected chi connectivity index (χ0v) is 19.5. The molecule has 4 amide bonds. The van der Waals surface area contributed by atoms with Gasteiger partial charge in [-0.15, -0.1) is 0 Å². The normalized spacial score (nSPS) is 21.1. The van der Waals surface area contributed by atoms with E-state index >= 15 is 0 Å². The number of morpholine rings is 1. The van der Waals surface area contributed by atoms with Gasteiger partial charge >= 0.3 is 6.03 Å². The van der Waals surface area contributed by atoms with Crippen molar-refractivity contribution in [3.63, 3.8) is 0 Å². The van der Waals surface area contributed by atoms with E-state index in [1.165, 1.54) is 4.31 Å². The Morgan fingerprint density at radius 2 is 1.82 bits per heavy atom. The number of aryl methyl sites for hydroxylation is 1. The van der Waals surface area contributed by atoms with Crippen LogP contribution in [0.3, 0.4) is 0 Å². The molecule has 2 saturated heterocycles. The quantitative estimate of drug-likeness (QED) is 0.506. The van der Waals surface area contributed by atoms with Crippen molar-refractivity contribution in [2.75, 3.05) is 31.6 Å². The summed E-state index contributed by atoms with van der Waals surface area (Å²) in [5.74, 6) is -0.688. The van der Waals surface area contributed by atoms with Crippen LogP contribution in [0.1, 0.15) is 24.5 Å². The second kappa shape index (κ2) is 9.53. The molecule has 2 aliphatic heterocycles. The van der Waals surface area contributed by atoms with Crippen molar-refractivity contribution in [2.45, 2.75) is 30.2 Å². The number of amides is 4. The maximum absolute atomic E-state index is 12.7. The van der Waals surface area contributed by atoms with Crippen molar-refractivity contribution in [1.82, 2.24) is 14.9 Å². The van der Waals surface area contributed by atoms with Gasteiger partial charge in [-0.25, -0.2) is 13.2 Å². The molecule has 4 rings (SSSR count). The lowest BCUT2D eigenvalue weighted by Crippen LogP contribution is -2.40. The van der Waals surface area contributed by atoms with E-state index in [1.807, 2.05) is 0 Å². The number of anilines is 1. The smallest absolute Gasteiger partial charge is 0.322 e. The summed E-state index contributed by atoms with van der Waals surface area (Å²) in [5.41, 5.74) is 0.680. The number of nitrogens with one attached hydrogen (secondary N) is 3. The first-order valence-corrected chi connectivity index (χ1v) is 12.3. The maximum Gasteiger partial charge on any atom is 0.322 e. The predicted octanol–water partition coefficient (Wildman–Crippen LogP) is 1.33. The lowest BCUT2D eigenvalue weighted by atomic mass is 9.92. The van der Waals surface area contributed by atoms with Gasteiger partial charge in [0.15, 0.2) is 0 Å². The SMILES string of the molecule is CC1(c2cccc(NC(=O)CCc3ccc(S(=O)(=O)N4CCOCC4)cc3)c2)NC(=O)NC1=O. The number of carbonyl (C=O) groups excluding carboxylic acids is 3. The Labute approximate surface area is 197 Å². The molecule has 0 radical (unpaired) electrons. The Bertz CT molecular complexity index is 1210. The Hall–Kier alpha value is -3.28. The summed E-state index contributed by atoms with van der Waals surface area (Å²) in [4.78, 5) is 36.4. The molecule has 1 unspecified atom stereocenters. The molecule has 0 aromatic heterocycles. The van der Waals surface area contributed by atoms with E-state index in [2.05, 4.69) is 16.0 Å². The minimum atomic E-state index is -3.55. The second-order valence-electron chi connectivity index (χ2n) is 8.32. The van der Waals surface area contributed by atoms with Crippen molar-refractivity contribution in [3.8, 4) is 0 Å². The van der Waals surface area contributed by atoms with E-state index < -0.39 is 27.5 Å². The van der Waals surface area contributed by atoms with E-state index in [-0.39, 0.29) is 17.2 Å². The van der Waals surface area contributed by atoms with Crippen molar-refractivity contribution in [2.24, 2.45) is 0 Å². The van der Waals surface area contributed by atoms with Crippen LogP contribution in [0, 0.1) is 0 Å². The zero-order chi connectivity index (χ0) is 24.3. The lowest BCUT2D eigenvalue weighted by Gasteiger charge is -2.26. The van der Waals surface area contributed by atoms with Crippen LogP contribution in [0.2, 0.25) is 0 Å². The molecule has 2 heterocycles. The molecule has 180 valence electrons. The minimum Gasteiger partial charge on any atom is -0.379 e. The average Bonchev–Trinajstić information content (AvgIpc) is 3.10. The van der Waals surface area contributed by atoms with Gasteiger partial charge in [0.1, 0.15) is 5.54 Å². The molecule has 2 aromatic rings. The third kappa shape index (κ3) is 4.96. The van der Waals surface area contributed by atoms with E-state index in [9.17, 15) is 22.8 Å². The van der Waals surface area contributed by atoms with E-state index in [4.69, 9.17) is 4.74 Å². The van der Waals surface area contributed by atoms with Crippen LogP contribution >= 0.6 is 0 Å². The van der Waals surface area contributed by atoms with Crippen LogP contribution in [-0.4, -0.2) is 56.9 Å². The van der Waals surface area contributed by atoms with E-state index in [0.717, 1.165) is 5.56 Å². The summed E-state index contributed by atoms with van der Waals surface area (Å²) in [6.07, 6.45) is 0.619. The summed E-state index contributed by atoms with van der Waals surface area (Å²) in [5, 5.41) is 7.61. The molecule has 0 spiro atoms. The van der Waals surface area contributed by atoms with Crippen molar-refractivity contribution >= 4 is 33.6 Å². The van der Waals surface area contributed by atoms with Gasteiger partial charge in [-0.2, -0.15) is 4.31 Å². The Kier molecular flexibility index (Phi) is 6.69. The molecule has 3 N–H and O–H groups in total. The molecular formula is C23H26N4O6S. The van der Waals surface area contributed by atoms with E-state index in [0.29, 0.717) is 44.0 Å². The number of rotatable bonds is 7. The number of benzene rings is 2. The fourth-order valence-corrected chi connectivity index (χ4v) is 5.31. The lowest BCUT2D eigenvalue weighted by molar-refractivity contribution is -0.123. The molecule has 2 aromatic carbocycles. The number of sulfonamides is 1. The van der Waals surface area contributed by atoms with Gasteiger partial charge < -0.3 is 15.4 Å². The number of imide groups is 1. The van der Waals surface area contributed by atoms with Gasteiger partial charge in [-0.1, -0.05) is 24.3 Å². The van der Waals surface area contributed by atoms with Crippen LogP contribution < -0.4 is 16.0 Å². The fourth-order valence-electron chi connectivity index (χ4n) is 3.90. The summed E-state index contributed by atoms with van der Waals surface area (Å²) >= 11 is 0. The highest BCUT2D eigenvalue weighted by Gasteiger charge is 2.43. The molecular weight excluding hydrogens is 460 g/mol. The summed E-state index contributed by atoms with van der Waals surface area (Å²) in [7, 11) is -3.55. The van der Waals surface area contributed by atoms with Gasteiger partial charge in [-0.05, 0) is 48.7 Å². The van der Waals surface area contributed by atoms with Gasteiger partial charge in [0, 0.05) is 25.2 Å². The zero-order valence-electron chi connectivity index (χ0n) is 18.7. The Morgan fingerprint density at radius 1 is 1.12 bits per heavy atom. The second-order valence-corrected chi connectivity index (χ2v) is 10.3. The molecule has 1 atom stereocenters. The van der Waals surface area contributed by atoms with Crippen molar-refractivity contribution in [1.29, 1.82) is 0 Å². The number of nitrogens with zero attached hydrogens (tertiary/aromatic N) is 1. The minimum absolute atomic E-state index is 0.189. The average molecular weight is 487 g/mol. The topological polar surface area (TPSA) is 134 Å². The number of carbonyl (C=O) groups is 3. The molecule has 34 heavy (non-hydrogen) atoms. The summed E-state index contributed by atoms with van der Waals surface area (Å²) in [6.45, 7) is 3.03. The highest BCUT2D eigenvalue weighted by Crippen LogP contribution is 2.26. The molecule has 0 bridgehead atoms. The van der Waals surface area contributed by atoms with Gasteiger partial charge in [-0.3, -0.25) is 14.9 Å². The van der Waals surface area contributed by atoms with Crippen LogP contribution in [-0.2, 0) is 36.3 Å². The molecule has 0 saturated carbocycles. The van der Waals surface area contributed by atoms with Gasteiger partial charge in [0.25, 0.3) is 5.91 Å². The number of urea groups is 1. The first-order chi connectivity index (χ1) is 16.2. The van der Waals surface area contributed by atoms with Crippen LogP contribution in [0.15, 0.2) is 53.4 Å². The molecule has 2 aliphatic rings.